The van der Waals surface area contributed by atoms with Gasteiger partial charge in [0.05, 0.1) is 5.54 Å². The number of nitrogens with two attached hydrogens (primary N) is 1. The lowest BCUT2D eigenvalue weighted by Gasteiger charge is -2.31. The zero-order chi connectivity index (χ0) is 12.5. The highest BCUT2D eigenvalue weighted by molar-refractivity contribution is 5.86. The average Bonchev–Trinajstić information content (AvgIpc) is 2.62. The molecule has 1 amide bonds. The van der Waals surface area contributed by atoms with Gasteiger partial charge >= 0.3 is 0 Å². The van der Waals surface area contributed by atoms with Gasteiger partial charge in [-0.2, -0.15) is 0 Å². The van der Waals surface area contributed by atoms with Crippen LogP contribution in [0.25, 0.3) is 0 Å². The maximum absolute atomic E-state index is 12.5. The molecule has 0 aromatic carbocycles. The Morgan fingerprint density at radius 1 is 1.00 bits per heavy atom. The van der Waals surface area contributed by atoms with Crippen LogP contribution in [-0.4, -0.2) is 29.4 Å². The topological polar surface area (TPSA) is 46.3 Å². The van der Waals surface area contributed by atoms with Crippen LogP contribution in [0.3, 0.4) is 0 Å². The Hall–Kier alpha value is -0.280. The average molecular weight is 275 g/mol. The second kappa shape index (κ2) is 5.79. The molecule has 2 rings (SSSR count). The van der Waals surface area contributed by atoms with Crippen molar-refractivity contribution in [1.29, 1.82) is 0 Å². The van der Waals surface area contributed by atoms with Crippen LogP contribution in [0.1, 0.15) is 58.8 Å². The Kier molecular flexibility index (Phi) is 5.07. The van der Waals surface area contributed by atoms with Gasteiger partial charge in [0.25, 0.3) is 0 Å². The summed E-state index contributed by atoms with van der Waals surface area (Å²) in [5.74, 6) is 0.215. The number of carbonyl (C=O) groups excluding carboxylic acids is 1. The first-order valence-corrected chi connectivity index (χ1v) is 7.01. The van der Waals surface area contributed by atoms with Crippen molar-refractivity contribution in [3.8, 4) is 0 Å². The predicted octanol–water partition coefficient (Wildman–Crippen LogP) is 2.72. The summed E-state index contributed by atoms with van der Waals surface area (Å²) in [5, 5.41) is 0. The first-order chi connectivity index (χ1) is 7.93. The van der Waals surface area contributed by atoms with Crippen molar-refractivity contribution in [2.24, 2.45) is 11.1 Å². The number of carbonyl (C=O) groups is 1. The summed E-state index contributed by atoms with van der Waals surface area (Å²) in [6.45, 7) is 6.40. The lowest BCUT2D eigenvalue weighted by atomic mass is 9.85. The van der Waals surface area contributed by atoms with Crippen molar-refractivity contribution in [2.75, 3.05) is 13.1 Å². The van der Waals surface area contributed by atoms with Gasteiger partial charge in [0.15, 0.2) is 0 Å². The summed E-state index contributed by atoms with van der Waals surface area (Å²) >= 11 is 0. The Balaban J connectivity index is 0.00000162. The maximum atomic E-state index is 12.5. The number of halogens is 1. The van der Waals surface area contributed by atoms with E-state index in [1.165, 1.54) is 6.42 Å². The van der Waals surface area contributed by atoms with Crippen molar-refractivity contribution in [1.82, 2.24) is 4.90 Å². The van der Waals surface area contributed by atoms with Crippen molar-refractivity contribution in [2.45, 2.75) is 64.3 Å². The van der Waals surface area contributed by atoms with Gasteiger partial charge in [0.2, 0.25) is 5.91 Å². The summed E-state index contributed by atoms with van der Waals surface area (Å²) in [6.07, 6.45) is 7.43. The molecule has 0 spiro atoms. The minimum absolute atomic E-state index is 0. The number of nitrogens with zero attached hydrogens (tertiary/aromatic N) is 1. The van der Waals surface area contributed by atoms with Crippen LogP contribution in [-0.2, 0) is 4.79 Å². The minimum atomic E-state index is -0.533. The van der Waals surface area contributed by atoms with Crippen LogP contribution in [0.15, 0.2) is 0 Å². The Morgan fingerprint density at radius 3 is 2.22 bits per heavy atom. The molecule has 0 radical (unpaired) electrons. The third-order valence-corrected chi connectivity index (χ3v) is 4.55. The van der Waals surface area contributed by atoms with E-state index in [-0.39, 0.29) is 18.3 Å². The van der Waals surface area contributed by atoms with E-state index >= 15 is 0 Å². The highest BCUT2D eigenvalue weighted by atomic mass is 35.5. The van der Waals surface area contributed by atoms with Crippen LogP contribution >= 0.6 is 12.4 Å². The van der Waals surface area contributed by atoms with E-state index in [0.29, 0.717) is 5.41 Å². The van der Waals surface area contributed by atoms with E-state index in [1.807, 2.05) is 4.90 Å². The summed E-state index contributed by atoms with van der Waals surface area (Å²) in [4.78, 5) is 14.5. The summed E-state index contributed by atoms with van der Waals surface area (Å²) < 4.78 is 0. The van der Waals surface area contributed by atoms with Crippen molar-refractivity contribution >= 4 is 18.3 Å². The van der Waals surface area contributed by atoms with Gasteiger partial charge in [-0.25, -0.2) is 0 Å². The second-order valence-corrected chi connectivity index (χ2v) is 6.67. The van der Waals surface area contributed by atoms with Crippen LogP contribution in [0.4, 0.5) is 0 Å². The van der Waals surface area contributed by atoms with E-state index in [4.69, 9.17) is 5.73 Å². The molecule has 0 aromatic rings. The lowest BCUT2D eigenvalue weighted by Crippen LogP contribution is -2.53. The molecule has 2 fully saturated rings. The fourth-order valence-corrected chi connectivity index (χ4v) is 3.16. The monoisotopic (exact) mass is 274 g/mol. The van der Waals surface area contributed by atoms with Gasteiger partial charge in [0, 0.05) is 13.1 Å². The van der Waals surface area contributed by atoms with Crippen LogP contribution in [0, 0.1) is 5.41 Å². The van der Waals surface area contributed by atoms with Crippen molar-refractivity contribution in [3.63, 3.8) is 0 Å². The number of hydrogen-bond donors (Lipinski definition) is 1. The fourth-order valence-electron chi connectivity index (χ4n) is 3.16. The fraction of sp³-hybridized carbons (Fsp3) is 0.929. The predicted molar refractivity (Wildman–Crippen MR) is 76.8 cm³/mol. The largest absolute Gasteiger partial charge is 0.341 e. The molecular weight excluding hydrogens is 248 g/mol. The van der Waals surface area contributed by atoms with Crippen LogP contribution in [0.2, 0.25) is 0 Å². The molecule has 2 N–H and O–H groups in total. The molecule has 1 heterocycles. The van der Waals surface area contributed by atoms with Gasteiger partial charge in [-0.3, -0.25) is 4.79 Å². The molecule has 0 unspecified atom stereocenters. The molecule has 4 heteroatoms. The standard InChI is InChI=1S/C14H26N2O.ClH/c1-13(2)6-5-10-16(11-9-13)12(17)14(15)7-3-4-8-14;/h3-11,15H2,1-2H3;1H. The first-order valence-electron chi connectivity index (χ1n) is 7.01. The summed E-state index contributed by atoms with van der Waals surface area (Å²) in [6, 6.07) is 0. The number of amides is 1. The first kappa shape index (κ1) is 15.8. The van der Waals surface area contributed by atoms with Crippen LogP contribution in [0.5, 0.6) is 0 Å². The second-order valence-electron chi connectivity index (χ2n) is 6.67. The highest BCUT2D eigenvalue weighted by Crippen LogP contribution is 2.33. The molecule has 2 aliphatic rings. The maximum Gasteiger partial charge on any atom is 0.242 e. The number of likely N-dealkylation sites (tertiary alicyclic amines) is 1. The van der Waals surface area contributed by atoms with Crippen molar-refractivity contribution in [3.05, 3.63) is 0 Å². The summed E-state index contributed by atoms with van der Waals surface area (Å²) in [5.41, 5.74) is 6.11. The third-order valence-electron chi connectivity index (χ3n) is 4.55. The van der Waals surface area contributed by atoms with Crippen LogP contribution < -0.4 is 5.73 Å². The van der Waals surface area contributed by atoms with Gasteiger partial charge in [-0.05, 0) is 37.5 Å². The quantitative estimate of drug-likeness (QED) is 0.799. The third kappa shape index (κ3) is 3.39. The number of hydrogen-bond acceptors (Lipinski definition) is 2. The molecule has 0 bridgehead atoms. The van der Waals surface area contributed by atoms with Gasteiger partial charge in [-0.15, -0.1) is 12.4 Å². The molecule has 1 saturated carbocycles. The minimum Gasteiger partial charge on any atom is -0.341 e. The number of rotatable bonds is 1. The van der Waals surface area contributed by atoms with Crippen molar-refractivity contribution < 1.29 is 4.79 Å². The molecule has 106 valence electrons. The molecule has 3 nitrogen and oxygen atoms in total. The zero-order valence-corrected chi connectivity index (χ0v) is 12.5. The highest BCUT2D eigenvalue weighted by Gasteiger charge is 2.40. The molecule has 0 aromatic heterocycles. The SMILES string of the molecule is CC1(C)CCCN(C(=O)C2(N)CCCC2)CC1.Cl. The van der Waals surface area contributed by atoms with E-state index in [2.05, 4.69) is 13.8 Å². The lowest BCUT2D eigenvalue weighted by molar-refractivity contribution is -0.136. The molecular formula is C14H27ClN2O. The van der Waals surface area contributed by atoms with Gasteiger partial charge < -0.3 is 10.6 Å². The Labute approximate surface area is 117 Å². The van der Waals surface area contributed by atoms with E-state index in [1.54, 1.807) is 0 Å². The molecule has 1 aliphatic heterocycles. The molecule has 0 atom stereocenters. The van der Waals surface area contributed by atoms with Gasteiger partial charge in [0.1, 0.15) is 0 Å². The Bertz CT molecular complexity index is 298. The van der Waals surface area contributed by atoms with E-state index < -0.39 is 5.54 Å². The smallest absolute Gasteiger partial charge is 0.242 e. The molecule has 1 saturated heterocycles. The Morgan fingerprint density at radius 2 is 1.61 bits per heavy atom. The van der Waals surface area contributed by atoms with E-state index in [9.17, 15) is 4.79 Å². The zero-order valence-electron chi connectivity index (χ0n) is 11.7. The van der Waals surface area contributed by atoms with E-state index in [0.717, 1.165) is 51.6 Å². The molecule has 1 aliphatic carbocycles. The molecule has 18 heavy (non-hydrogen) atoms. The summed E-state index contributed by atoms with van der Waals surface area (Å²) in [7, 11) is 0. The normalized spacial score (nSPS) is 26.3. The van der Waals surface area contributed by atoms with Gasteiger partial charge in [-0.1, -0.05) is 26.7 Å².